The molecule has 13 heteroatoms. The summed E-state index contributed by atoms with van der Waals surface area (Å²) in [5, 5.41) is 38.5. The number of Topliss-reactive ketones (excluding diaryl/α,β-unsaturated/α-hetero) is 4. The molecule has 0 aromatic heterocycles. The average Bonchev–Trinajstić information content (AvgIpc) is 2.52. The van der Waals surface area contributed by atoms with Gasteiger partial charge in [0, 0.05) is 62.4 Å². The summed E-state index contributed by atoms with van der Waals surface area (Å²) in [6.07, 6.45) is 0.266. The second kappa shape index (κ2) is 27.3. The maximum Gasteiger partial charge on any atom is 4.00 e. The monoisotopic (exact) mass is 508 g/mol. The number of hydrogen-bond acceptors (Lipinski definition) is 12. The van der Waals surface area contributed by atoms with Gasteiger partial charge in [-0.05, 0) is 26.7 Å². The zero-order valence-electron chi connectivity index (χ0n) is 19.1. The van der Waals surface area contributed by atoms with Gasteiger partial charge in [0.05, 0.1) is 0 Å². The summed E-state index contributed by atoms with van der Waals surface area (Å²) in [4.78, 5) is 79.0. The largest absolute Gasteiger partial charge is 4.00 e. The van der Waals surface area contributed by atoms with Gasteiger partial charge in [0.2, 0.25) is 0 Å². The molecular formula is C20H28O12Ti. The first-order chi connectivity index (χ1) is 14.6. The number of ketones is 4. The van der Waals surface area contributed by atoms with E-state index in [9.17, 15) is 58.8 Å². The molecule has 0 unspecified atom stereocenters. The van der Waals surface area contributed by atoms with Crippen molar-refractivity contribution in [3.05, 3.63) is 0 Å². The Kier molecular flexibility index (Phi) is 33.6. The summed E-state index contributed by atoms with van der Waals surface area (Å²) < 4.78 is 0. The Bertz CT molecular complexity index is 575. The van der Waals surface area contributed by atoms with E-state index in [4.69, 9.17) is 0 Å². The maximum atomic E-state index is 10.4. The zero-order valence-corrected chi connectivity index (χ0v) is 20.6. The molecule has 0 rings (SSSR count). The van der Waals surface area contributed by atoms with Crippen LogP contribution in [0.25, 0.3) is 0 Å². The summed E-state index contributed by atoms with van der Waals surface area (Å²) in [5.74, 6) is -6.45. The van der Waals surface area contributed by atoms with Gasteiger partial charge in [-0.25, -0.2) is 0 Å². The fraction of sp³-hybridized carbons (Fsp3) is 0.600. The van der Waals surface area contributed by atoms with Crippen LogP contribution in [0.1, 0.15) is 79.1 Å². The fourth-order valence-corrected chi connectivity index (χ4v) is 1.46. The van der Waals surface area contributed by atoms with Crippen LogP contribution < -0.4 is 20.4 Å². The summed E-state index contributed by atoms with van der Waals surface area (Å²) in [5.41, 5.74) is 0. The van der Waals surface area contributed by atoms with Gasteiger partial charge < -0.3 is 39.6 Å². The van der Waals surface area contributed by atoms with Crippen LogP contribution in [-0.2, 0) is 60.1 Å². The van der Waals surface area contributed by atoms with Crippen LogP contribution >= 0.6 is 0 Å². The number of aliphatic carboxylic acids is 4. The van der Waals surface area contributed by atoms with Crippen LogP contribution in [0.3, 0.4) is 0 Å². The molecule has 0 saturated carbocycles. The molecule has 0 N–H and O–H groups in total. The Hall–Kier alpha value is -2.73. The van der Waals surface area contributed by atoms with Crippen molar-refractivity contribution in [2.45, 2.75) is 79.1 Å². The Morgan fingerprint density at radius 1 is 0.485 bits per heavy atom. The predicted octanol–water partition coefficient (Wildman–Crippen LogP) is -3.58. The Morgan fingerprint density at radius 3 is 0.788 bits per heavy atom. The van der Waals surface area contributed by atoms with Crippen molar-refractivity contribution in [3.8, 4) is 0 Å². The van der Waals surface area contributed by atoms with E-state index in [2.05, 4.69) is 0 Å². The SMILES string of the molecule is CC(=O)CC(=O)[O-].CC(=O)CC(=O)[O-].CCCC(=O)CC(=O)[O-].CCCC(=O)CC(=O)[O-].[Ti+4]. The minimum atomic E-state index is -1.31. The molecule has 0 aromatic carbocycles. The molecule has 0 bridgehead atoms. The van der Waals surface area contributed by atoms with E-state index in [1.54, 1.807) is 0 Å². The van der Waals surface area contributed by atoms with Crippen LogP contribution in [0, 0.1) is 0 Å². The number of carbonyl (C=O) groups excluding carboxylic acids is 8. The summed E-state index contributed by atoms with van der Waals surface area (Å²) in [7, 11) is 0. The normalized spacial score (nSPS) is 8.36. The van der Waals surface area contributed by atoms with Crippen molar-refractivity contribution in [2.75, 3.05) is 0 Å². The van der Waals surface area contributed by atoms with Gasteiger partial charge in [-0.3, -0.25) is 19.2 Å². The molecule has 0 heterocycles. The molecule has 0 aliphatic carbocycles. The molecule has 0 spiro atoms. The molecule has 0 aliphatic rings. The maximum absolute atomic E-state index is 10.4. The van der Waals surface area contributed by atoms with Gasteiger partial charge in [0.15, 0.2) is 0 Å². The number of rotatable bonds is 12. The summed E-state index contributed by atoms with van der Waals surface area (Å²) in [6.45, 7) is 6.06. The first-order valence-corrected chi connectivity index (χ1v) is 9.40. The molecule has 12 nitrogen and oxygen atoms in total. The molecule has 0 amide bonds. The molecular weight excluding hydrogens is 480 g/mol. The van der Waals surface area contributed by atoms with Crippen LogP contribution in [0.4, 0.5) is 0 Å². The van der Waals surface area contributed by atoms with E-state index in [1.807, 2.05) is 13.8 Å². The van der Waals surface area contributed by atoms with Crippen LogP contribution in [-0.4, -0.2) is 47.0 Å². The molecule has 0 radical (unpaired) electrons. The third-order valence-corrected chi connectivity index (χ3v) is 2.53. The van der Waals surface area contributed by atoms with Crippen LogP contribution in [0.2, 0.25) is 0 Å². The molecule has 33 heavy (non-hydrogen) atoms. The van der Waals surface area contributed by atoms with Gasteiger partial charge in [0.25, 0.3) is 0 Å². The van der Waals surface area contributed by atoms with Gasteiger partial charge in [-0.2, -0.15) is 0 Å². The van der Waals surface area contributed by atoms with Crippen molar-refractivity contribution >= 4 is 47.0 Å². The molecule has 0 fully saturated rings. The van der Waals surface area contributed by atoms with Gasteiger partial charge >= 0.3 is 21.7 Å². The number of carboxylic acids is 4. The number of carboxylic acid groups (broad SMARTS) is 4. The quantitative estimate of drug-likeness (QED) is 0.184. The van der Waals surface area contributed by atoms with Crippen LogP contribution in [0.5, 0.6) is 0 Å². The first-order valence-electron chi connectivity index (χ1n) is 9.40. The first kappa shape index (κ1) is 40.6. The van der Waals surface area contributed by atoms with Crippen molar-refractivity contribution in [3.63, 3.8) is 0 Å². The third-order valence-electron chi connectivity index (χ3n) is 2.53. The number of hydrogen-bond donors (Lipinski definition) is 0. The minimum Gasteiger partial charge on any atom is -0.550 e. The van der Waals surface area contributed by atoms with Gasteiger partial charge in [0.1, 0.15) is 23.1 Å². The van der Waals surface area contributed by atoms with Crippen LogP contribution in [0.15, 0.2) is 0 Å². The van der Waals surface area contributed by atoms with E-state index < -0.39 is 49.6 Å². The third kappa shape index (κ3) is 58.6. The van der Waals surface area contributed by atoms with E-state index in [1.165, 1.54) is 13.8 Å². The van der Waals surface area contributed by atoms with Gasteiger partial charge in [-0.15, -0.1) is 0 Å². The van der Waals surface area contributed by atoms with Crippen molar-refractivity contribution < 1.29 is 80.5 Å². The average molecular weight is 508 g/mol. The van der Waals surface area contributed by atoms with E-state index in [0.717, 1.165) is 0 Å². The van der Waals surface area contributed by atoms with E-state index >= 15 is 0 Å². The van der Waals surface area contributed by atoms with Crippen molar-refractivity contribution in [1.82, 2.24) is 0 Å². The van der Waals surface area contributed by atoms with E-state index in [0.29, 0.717) is 25.7 Å². The van der Waals surface area contributed by atoms with Gasteiger partial charge in [-0.1, -0.05) is 13.8 Å². The Morgan fingerprint density at radius 2 is 0.697 bits per heavy atom. The summed E-state index contributed by atoms with van der Waals surface area (Å²) >= 11 is 0. The zero-order chi connectivity index (χ0) is 26.3. The smallest absolute Gasteiger partial charge is 0.550 e. The predicted molar refractivity (Wildman–Crippen MR) is 99.7 cm³/mol. The minimum absolute atomic E-state index is 0. The topological polar surface area (TPSA) is 229 Å². The van der Waals surface area contributed by atoms with Crippen molar-refractivity contribution in [1.29, 1.82) is 0 Å². The summed E-state index contributed by atoms with van der Waals surface area (Å²) in [6, 6.07) is 0. The molecule has 0 aliphatic heterocycles. The molecule has 0 saturated heterocycles. The van der Waals surface area contributed by atoms with Crippen molar-refractivity contribution in [2.24, 2.45) is 0 Å². The van der Waals surface area contributed by atoms with E-state index in [-0.39, 0.29) is 44.9 Å². The molecule has 184 valence electrons. The molecule has 0 atom stereocenters. The second-order valence-electron chi connectivity index (χ2n) is 6.18. The fourth-order valence-electron chi connectivity index (χ4n) is 1.46. The number of carbonyl (C=O) groups is 8. The Balaban J connectivity index is -0.000000105. The second-order valence-corrected chi connectivity index (χ2v) is 6.18. The molecule has 0 aromatic rings. The standard InChI is InChI=1S/2C6H10O3.2C4H6O3.Ti/c2*1-2-3-5(7)4-6(8)9;2*1-3(5)2-4(6)7;/h2*2-4H2,1H3,(H,8,9);2*2H2,1H3,(H,6,7);/q;;;;+4/p-4. The Labute approximate surface area is 206 Å².